The molecule has 0 bridgehead atoms. The highest BCUT2D eigenvalue weighted by atomic mass is 16.6. The summed E-state index contributed by atoms with van der Waals surface area (Å²) in [5.41, 5.74) is 8.20. The standard InChI is InChI=1S/C63H101N3O11/c1-50(2)16-10-19-53-22-28-56(29-23-53)61(70)75-45-9-8-38-65(42-34-59(68)73-46-48-76-62(71)57-30-24-54(25-31-57)20-11-17-51(3)4)39-13-36-64(7)37-14-40-66(41-15-44-67)43-35-60(69)74-47-49-77-63(72)58-32-26-55(27-33-58)21-12-18-52(5)6/h16-18,22,24,26,44,56-58H,8-15,19-21,23,25,27-43,45-49H2,1-7H3. The van der Waals surface area contributed by atoms with E-state index in [0.717, 1.165) is 148 Å². The third-order valence-corrected chi connectivity index (χ3v) is 14.7. The molecule has 0 heterocycles. The van der Waals surface area contributed by atoms with Crippen LogP contribution in [0.5, 0.6) is 0 Å². The van der Waals surface area contributed by atoms with Gasteiger partial charge in [0.1, 0.15) is 32.7 Å². The molecule has 14 nitrogen and oxygen atoms in total. The maximum Gasteiger partial charge on any atom is 0.309 e. The predicted molar refractivity (Wildman–Crippen MR) is 306 cm³/mol. The van der Waals surface area contributed by atoms with Gasteiger partial charge in [0, 0.05) is 26.1 Å². The molecule has 0 amide bonds. The smallest absolute Gasteiger partial charge is 0.309 e. The van der Waals surface area contributed by atoms with Crippen molar-refractivity contribution in [1.82, 2.24) is 14.7 Å². The van der Waals surface area contributed by atoms with E-state index >= 15 is 0 Å². The van der Waals surface area contributed by atoms with E-state index < -0.39 is 0 Å². The predicted octanol–water partition coefficient (Wildman–Crippen LogP) is 11.6. The number of ether oxygens (including phenoxy) is 5. The van der Waals surface area contributed by atoms with Gasteiger partial charge in [-0.25, -0.2) is 0 Å². The molecule has 3 aliphatic rings. The van der Waals surface area contributed by atoms with E-state index in [1.165, 1.54) is 33.4 Å². The van der Waals surface area contributed by atoms with Gasteiger partial charge in [-0.05, 0) is 203 Å². The monoisotopic (exact) mass is 1080 g/mol. The molecular formula is C63H101N3O11. The van der Waals surface area contributed by atoms with Gasteiger partial charge >= 0.3 is 29.8 Å². The molecule has 0 N–H and O–H groups in total. The van der Waals surface area contributed by atoms with Crippen molar-refractivity contribution in [2.24, 2.45) is 17.8 Å². The quantitative estimate of drug-likeness (QED) is 0.0188. The lowest BCUT2D eigenvalue weighted by Crippen LogP contribution is -2.33. The molecule has 3 aliphatic carbocycles. The van der Waals surface area contributed by atoms with Crippen molar-refractivity contribution in [2.45, 2.75) is 183 Å². The Morgan fingerprint density at radius 2 is 0.818 bits per heavy atom. The van der Waals surface area contributed by atoms with Crippen LogP contribution in [0.4, 0.5) is 0 Å². The van der Waals surface area contributed by atoms with Gasteiger partial charge in [0.15, 0.2) is 0 Å². The largest absolute Gasteiger partial charge is 0.465 e. The Morgan fingerprint density at radius 3 is 1.18 bits per heavy atom. The summed E-state index contributed by atoms with van der Waals surface area (Å²) >= 11 is 0. The number of carbonyl (C=O) groups excluding carboxylic acids is 6. The number of carbonyl (C=O) groups is 6. The lowest BCUT2D eigenvalue weighted by Gasteiger charge is -2.25. The van der Waals surface area contributed by atoms with Crippen molar-refractivity contribution < 1.29 is 52.5 Å². The van der Waals surface area contributed by atoms with Crippen molar-refractivity contribution in [1.29, 1.82) is 0 Å². The molecule has 0 aromatic heterocycles. The third kappa shape index (κ3) is 32.1. The van der Waals surface area contributed by atoms with Crippen LogP contribution in [0.1, 0.15) is 183 Å². The van der Waals surface area contributed by atoms with Crippen molar-refractivity contribution >= 4 is 36.1 Å². The van der Waals surface area contributed by atoms with Crippen LogP contribution < -0.4 is 0 Å². The van der Waals surface area contributed by atoms with E-state index in [1.54, 1.807) is 0 Å². The lowest BCUT2D eigenvalue weighted by atomic mass is 9.88. The van der Waals surface area contributed by atoms with E-state index in [4.69, 9.17) is 23.7 Å². The number of esters is 5. The highest BCUT2D eigenvalue weighted by Gasteiger charge is 2.25. The minimum atomic E-state index is -0.361. The Labute approximate surface area is 464 Å². The van der Waals surface area contributed by atoms with Gasteiger partial charge in [-0.1, -0.05) is 69.9 Å². The van der Waals surface area contributed by atoms with Crippen LogP contribution in [0.2, 0.25) is 0 Å². The van der Waals surface area contributed by atoms with E-state index in [-0.39, 0.29) is 86.9 Å². The van der Waals surface area contributed by atoms with E-state index in [9.17, 15) is 28.8 Å². The third-order valence-electron chi connectivity index (χ3n) is 14.7. The first-order chi connectivity index (χ1) is 37.1. The molecule has 0 fully saturated rings. The molecule has 14 heteroatoms. The molecule has 0 saturated carbocycles. The minimum absolute atomic E-state index is 0.0181. The zero-order valence-corrected chi connectivity index (χ0v) is 48.9. The van der Waals surface area contributed by atoms with Gasteiger partial charge in [0.05, 0.1) is 37.2 Å². The number of rotatable bonds is 40. The van der Waals surface area contributed by atoms with Crippen molar-refractivity contribution in [2.75, 3.05) is 92.4 Å². The minimum Gasteiger partial charge on any atom is -0.465 e. The maximum absolute atomic E-state index is 12.9. The molecule has 0 aromatic carbocycles. The topological polar surface area (TPSA) is 158 Å². The molecule has 0 aromatic rings. The van der Waals surface area contributed by atoms with Gasteiger partial charge in [-0.3, -0.25) is 24.0 Å². The molecule has 0 radical (unpaired) electrons. The zero-order chi connectivity index (χ0) is 56.0. The number of allylic oxidation sites excluding steroid dienone is 12. The highest BCUT2D eigenvalue weighted by molar-refractivity contribution is 5.74. The molecular weight excluding hydrogens is 975 g/mol. The van der Waals surface area contributed by atoms with Crippen LogP contribution in [-0.2, 0) is 52.5 Å². The molecule has 0 aliphatic heterocycles. The summed E-state index contributed by atoms with van der Waals surface area (Å²) in [7, 11) is 2.08. The Balaban J connectivity index is 1.37. The summed E-state index contributed by atoms with van der Waals surface area (Å²) in [6.45, 7) is 18.6. The number of hydrogen-bond acceptors (Lipinski definition) is 14. The number of aldehydes is 1. The summed E-state index contributed by atoms with van der Waals surface area (Å²) in [5, 5.41) is 0. The average Bonchev–Trinajstić information content (AvgIpc) is 3.40. The van der Waals surface area contributed by atoms with E-state index in [2.05, 4.69) is 99.7 Å². The van der Waals surface area contributed by atoms with Crippen LogP contribution in [0.25, 0.3) is 0 Å². The second-order valence-electron chi connectivity index (χ2n) is 22.3. The maximum atomic E-state index is 12.9. The van der Waals surface area contributed by atoms with Gasteiger partial charge in [-0.2, -0.15) is 0 Å². The van der Waals surface area contributed by atoms with Gasteiger partial charge in [0.25, 0.3) is 0 Å². The zero-order valence-electron chi connectivity index (χ0n) is 48.9. The first kappa shape index (κ1) is 66.6. The van der Waals surface area contributed by atoms with Crippen LogP contribution in [0.3, 0.4) is 0 Å². The number of nitrogens with zero attached hydrogens (tertiary/aromatic N) is 3. The van der Waals surface area contributed by atoms with Crippen molar-refractivity contribution in [3.05, 3.63) is 69.9 Å². The van der Waals surface area contributed by atoms with E-state index in [1.807, 2.05) is 0 Å². The van der Waals surface area contributed by atoms with Crippen LogP contribution in [0, 0.1) is 17.8 Å². The van der Waals surface area contributed by atoms with Crippen LogP contribution in [-0.4, -0.2) is 143 Å². The van der Waals surface area contributed by atoms with Gasteiger partial charge < -0.3 is 43.2 Å². The normalized spacial score (nSPS) is 17.4. The fourth-order valence-electron chi connectivity index (χ4n) is 9.98. The lowest BCUT2D eigenvalue weighted by molar-refractivity contribution is -0.155. The molecule has 0 saturated heterocycles. The van der Waals surface area contributed by atoms with Gasteiger partial charge in [-0.15, -0.1) is 0 Å². The van der Waals surface area contributed by atoms with Gasteiger partial charge in [0.2, 0.25) is 0 Å². The SMILES string of the molecule is CC(C)=CCCC1=CCC(C(=O)OCCCCN(CCCN(C)CCCN(CCC=O)CCC(=O)OCCOC(=O)C2CC=C(CCC=C(C)C)CC2)CCC(=O)OCCOC(=O)C2CC=C(CCC=C(C)C)CC2)CC1. The highest BCUT2D eigenvalue weighted by Crippen LogP contribution is 2.30. The van der Waals surface area contributed by atoms with Crippen molar-refractivity contribution in [3.8, 4) is 0 Å². The summed E-state index contributed by atoms with van der Waals surface area (Å²) in [4.78, 5) is 81.7. The molecule has 434 valence electrons. The first-order valence-corrected chi connectivity index (χ1v) is 29.4. The molecule has 3 atom stereocenters. The Morgan fingerprint density at radius 1 is 0.455 bits per heavy atom. The number of hydrogen-bond donors (Lipinski definition) is 0. The number of unbranched alkanes of at least 4 members (excludes halogenated alkanes) is 1. The Hall–Kier alpha value is -4.66. The molecule has 0 spiro atoms. The fraction of sp³-hybridized carbons (Fsp3) is 0.714. The summed E-state index contributed by atoms with van der Waals surface area (Å²) in [6.07, 6.45) is 31.8. The summed E-state index contributed by atoms with van der Waals surface area (Å²) in [5.74, 6) is -1.65. The average molecular weight is 1080 g/mol. The molecule has 77 heavy (non-hydrogen) atoms. The van der Waals surface area contributed by atoms with Crippen LogP contribution >= 0.6 is 0 Å². The van der Waals surface area contributed by atoms with Crippen molar-refractivity contribution in [3.63, 3.8) is 0 Å². The molecule has 3 rings (SSSR count). The van der Waals surface area contributed by atoms with Crippen LogP contribution in [0.15, 0.2) is 69.9 Å². The second kappa shape index (κ2) is 40.5. The van der Waals surface area contributed by atoms with E-state index in [0.29, 0.717) is 45.5 Å². The molecule has 3 unspecified atom stereocenters. The fourth-order valence-corrected chi connectivity index (χ4v) is 9.98. The Kier molecular flexibility index (Phi) is 35.1. The summed E-state index contributed by atoms with van der Waals surface area (Å²) in [6, 6.07) is 0. The second-order valence-corrected chi connectivity index (χ2v) is 22.3. The Bertz CT molecular complexity index is 1970. The summed E-state index contributed by atoms with van der Waals surface area (Å²) < 4.78 is 27.6. The first-order valence-electron chi connectivity index (χ1n) is 29.4.